The Labute approximate surface area is 147 Å². The average molecular weight is 365 g/mol. The molecule has 0 amide bonds. The summed E-state index contributed by atoms with van der Waals surface area (Å²) in [5.41, 5.74) is -1.24. The van der Waals surface area contributed by atoms with Crippen LogP contribution in [0.2, 0.25) is 0 Å². The summed E-state index contributed by atoms with van der Waals surface area (Å²) in [5.74, 6) is 0.370. The molecule has 1 N–H and O–H groups in total. The number of alkyl halides is 3. The van der Waals surface area contributed by atoms with E-state index in [1.54, 1.807) is 0 Å². The van der Waals surface area contributed by atoms with Gasteiger partial charge in [0.2, 0.25) is 0 Å². The first kappa shape index (κ1) is 16.1. The van der Waals surface area contributed by atoms with E-state index in [1.807, 2.05) is 0 Å². The number of aromatic carboxylic acids is 1. The summed E-state index contributed by atoms with van der Waals surface area (Å²) in [4.78, 5) is 15.6. The number of halogens is 3. The topological polar surface area (TPSA) is 67.5 Å². The summed E-state index contributed by atoms with van der Waals surface area (Å²) in [7, 11) is 0. The minimum Gasteiger partial charge on any atom is -0.476 e. The molecule has 2 aromatic rings. The molecule has 5 nitrogen and oxygen atoms in total. The van der Waals surface area contributed by atoms with Crippen molar-refractivity contribution in [1.82, 2.24) is 14.6 Å². The molecule has 2 heterocycles. The lowest BCUT2D eigenvalue weighted by atomic mass is 9.49. The van der Waals surface area contributed by atoms with Crippen molar-refractivity contribution in [2.45, 2.75) is 50.1 Å². The predicted octanol–water partition coefficient (Wildman–Crippen LogP) is 3.91. The summed E-state index contributed by atoms with van der Waals surface area (Å²) in [6.07, 6.45) is 1.59. The van der Waals surface area contributed by atoms with Crippen LogP contribution >= 0.6 is 0 Å². The van der Waals surface area contributed by atoms with Gasteiger partial charge in [-0.25, -0.2) is 14.3 Å². The number of fused-ring (bicyclic) bond motifs is 1. The molecule has 0 saturated heterocycles. The zero-order chi connectivity index (χ0) is 18.3. The van der Waals surface area contributed by atoms with Gasteiger partial charge in [0, 0.05) is 11.5 Å². The van der Waals surface area contributed by atoms with Crippen molar-refractivity contribution in [2.24, 2.45) is 17.8 Å². The van der Waals surface area contributed by atoms with Gasteiger partial charge in [-0.05, 0) is 62.3 Å². The molecule has 4 aliphatic rings. The molecule has 2 aromatic heterocycles. The largest absolute Gasteiger partial charge is 0.476 e. The average Bonchev–Trinajstić information content (AvgIpc) is 2.95. The van der Waals surface area contributed by atoms with E-state index in [2.05, 4.69) is 10.1 Å². The highest BCUT2D eigenvalue weighted by Crippen LogP contribution is 2.60. The van der Waals surface area contributed by atoms with Crippen molar-refractivity contribution in [2.75, 3.05) is 0 Å². The fraction of sp³-hybridized carbons (Fsp3) is 0.611. The van der Waals surface area contributed by atoms with E-state index in [1.165, 1.54) is 19.3 Å². The van der Waals surface area contributed by atoms with E-state index in [0.29, 0.717) is 28.0 Å². The molecule has 0 aliphatic heterocycles. The monoisotopic (exact) mass is 365 g/mol. The third-order valence-electron chi connectivity index (χ3n) is 6.52. The lowest BCUT2D eigenvalue weighted by Gasteiger charge is -2.56. The quantitative estimate of drug-likeness (QED) is 0.876. The van der Waals surface area contributed by atoms with E-state index in [0.717, 1.165) is 31.4 Å². The highest BCUT2D eigenvalue weighted by atomic mass is 19.4. The van der Waals surface area contributed by atoms with E-state index < -0.39 is 23.5 Å². The molecule has 4 bridgehead atoms. The molecule has 0 spiro atoms. The fourth-order valence-corrected chi connectivity index (χ4v) is 5.98. The van der Waals surface area contributed by atoms with Gasteiger partial charge in [-0.2, -0.15) is 18.3 Å². The molecule has 0 radical (unpaired) electrons. The Morgan fingerprint density at radius 1 is 1.12 bits per heavy atom. The maximum absolute atomic E-state index is 13.6. The summed E-state index contributed by atoms with van der Waals surface area (Å²) in [5, 5.41) is 12.7. The first-order chi connectivity index (χ1) is 12.2. The second-order valence-electron chi connectivity index (χ2n) is 8.33. The minimum atomic E-state index is -4.62. The smallest absolute Gasteiger partial charge is 0.433 e. The Bertz CT molecular complexity index is 883. The molecular weight excluding hydrogens is 347 g/mol. The number of hydrogen-bond donors (Lipinski definition) is 1. The Kier molecular flexibility index (Phi) is 3.08. The van der Waals surface area contributed by atoms with Crippen LogP contribution in [0.25, 0.3) is 5.65 Å². The normalized spacial score (nSPS) is 33.1. The minimum absolute atomic E-state index is 0.0389. The SMILES string of the molecule is O=C(O)c1cc2nc(C34CC5CC(CC(C5)C3)C4)cc(C(F)(F)F)n2n1. The second-order valence-corrected chi connectivity index (χ2v) is 8.33. The molecule has 0 atom stereocenters. The molecule has 6 rings (SSSR count). The third-order valence-corrected chi connectivity index (χ3v) is 6.52. The highest BCUT2D eigenvalue weighted by molar-refractivity contribution is 5.86. The van der Waals surface area contributed by atoms with Gasteiger partial charge in [-0.15, -0.1) is 0 Å². The van der Waals surface area contributed by atoms with Crippen LogP contribution in [-0.2, 0) is 11.6 Å². The van der Waals surface area contributed by atoms with Crippen LogP contribution in [0.4, 0.5) is 13.2 Å². The van der Waals surface area contributed by atoms with Crippen molar-refractivity contribution in [3.8, 4) is 0 Å². The van der Waals surface area contributed by atoms with Crippen molar-refractivity contribution in [3.63, 3.8) is 0 Å². The van der Waals surface area contributed by atoms with E-state index in [4.69, 9.17) is 5.11 Å². The Balaban J connectivity index is 1.70. The zero-order valence-corrected chi connectivity index (χ0v) is 14.0. The lowest BCUT2D eigenvalue weighted by molar-refractivity contribution is -0.142. The Hall–Kier alpha value is -2.12. The maximum atomic E-state index is 13.6. The summed E-state index contributed by atoms with van der Waals surface area (Å²) in [6.45, 7) is 0. The molecule has 138 valence electrons. The first-order valence-electron chi connectivity index (χ1n) is 8.95. The van der Waals surface area contributed by atoms with Crippen LogP contribution < -0.4 is 0 Å². The Morgan fingerprint density at radius 2 is 1.69 bits per heavy atom. The van der Waals surface area contributed by atoms with E-state index >= 15 is 0 Å². The number of aromatic nitrogens is 3. The van der Waals surface area contributed by atoms with Crippen molar-refractivity contribution < 1.29 is 23.1 Å². The summed E-state index contributed by atoms with van der Waals surface area (Å²) in [6, 6.07) is 2.24. The molecule has 0 unspecified atom stereocenters. The Morgan fingerprint density at radius 3 is 2.19 bits per heavy atom. The van der Waals surface area contributed by atoms with Gasteiger partial charge in [0.1, 0.15) is 5.69 Å². The standard InChI is InChI=1S/C18H18F3N3O2/c19-18(20,21)14-5-13(22-15-4-12(16(25)26)23-24(14)15)17-6-9-1-10(7-17)3-11(2-9)8-17/h4-5,9-11H,1-3,6-8H2,(H,25,26). The van der Waals surface area contributed by atoms with Crippen LogP contribution in [-0.4, -0.2) is 25.7 Å². The molecule has 4 saturated carbocycles. The number of carboxylic acid groups (broad SMARTS) is 1. The molecule has 26 heavy (non-hydrogen) atoms. The van der Waals surface area contributed by atoms with Gasteiger partial charge < -0.3 is 5.11 Å². The van der Waals surface area contributed by atoms with Gasteiger partial charge in [0.15, 0.2) is 11.3 Å². The van der Waals surface area contributed by atoms with Gasteiger partial charge >= 0.3 is 12.1 Å². The lowest BCUT2D eigenvalue weighted by Crippen LogP contribution is -2.49. The third kappa shape index (κ3) is 2.27. The number of carboxylic acids is 1. The number of carbonyl (C=O) groups is 1. The molecule has 4 aliphatic carbocycles. The number of nitrogens with zero attached hydrogens (tertiary/aromatic N) is 3. The van der Waals surface area contributed by atoms with E-state index in [9.17, 15) is 18.0 Å². The van der Waals surface area contributed by atoms with Crippen LogP contribution in [0.1, 0.15) is 60.4 Å². The highest BCUT2D eigenvalue weighted by Gasteiger charge is 2.53. The van der Waals surface area contributed by atoms with Crippen molar-refractivity contribution >= 4 is 11.6 Å². The van der Waals surface area contributed by atoms with E-state index in [-0.39, 0.29) is 11.1 Å². The molecule has 8 heteroatoms. The number of rotatable bonds is 2. The summed E-state index contributed by atoms with van der Waals surface area (Å²) >= 11 is 0. The summed E-state index contributed by atoms with van der Waals surface area (Å²) < 4.78 is 41.6. The molecule has 0 aromatic carbocycles. The zero-order valence-electron chi connectivity index (χ0n) is 14.0. The molecule has 4 fully saturated rings. The fourth-order valence-electron chi connectivity index (χ4n) is 5.98. The second kappa shape index (κ2) is 4.98. The maximum Gasteiger partial charge on any atom is 0.433 e. The van der Waals surface area contributed by atoms with Crippen LogP contribution in [0.15, 0.2) is 12.1 Å². The number of hydrogen-bond acceptors (Lipinski definition) is 3. The van der Waals surface area contributed by atoms with Gasteiger partial charge in [-0.3, -0.25) is 0 Å². The van der Waals surface area contributed by atoms with Crippen LogP contribution in [0.3, 0.4) is 0 Å². The predicted molar refractivity (Wildman–Crippen MR) is 84.8 cm³/mol. The van der Waals surface area contributed by atoms with Gasteiger partial charge in [-0.1, -0.05) is 0 Å². The molecular formula is C18H18F3N3O2. The van der Waals surface area contributed by atoms with Crippen molar-refractivity contribution in [3.05, 3.63) is 29.2 Å². The van der Waals surface area contributed by atoms with Crippen molar-refractivity contribution in [1.29, 1.82) is 0 Å². The first-order valence-corrected chi connectivity index (χ1v) is 8.95. The van der Waals surface area contributed by atoms with Gasteiger partial charge in [0.25, 0.3) is 0 Å². The van der Waals surface area contributed by atoms with Crippen LogP contribution in [0, 0.1) is 17.8 Å². The van der Waals surface area contributed by atoms with Gasteiger partial charge in [0.05, 0.1) is 5.69 Å². The van der Waals surface area contributed by atoms with Crippen LogP contribution in [0.5, 0.6) is 0 Å².